The second-order valence-electron chi connectivity index (χ2n) is 2.37. The number of rotatable bonds is 5. The molecular weight excluding hydrogens is 152 g/mol. The van der Waals surface area contributed by atoms with E-state index in [1.54, 1.807) is 25.3 Å². The van der Waals surface area contributed by atoms with Crippen molar-refractivity contribution in [2.24, 2.45) is 11.5 Å². The molecule has 0 heterocycles. The Morgan fingerprint density at radius 1 is 1.58 bits per heavy atom. The Labute approximate surface area is 73.4 Å². The fraction of sp³-hybridized carbons (Fsp3) is 0.333. The smallest absolute Gasteiger partial charge is 0.0708 e. The van der Waals surface area contributed by atoms with Gasteiger partial charge in [0.25, 0.3) is 0 Å². The highest BCUT2D eigenvalue weighted by molar-refractivity contribution is 5.26. The van der Waals surface area contributed by atoms with E-state index in [-0.39, 0.29) is 0 Å². The molecule has 0 aromatic carbocycles. The minimum Gasteiger partial charge on any atom is -0.399 e. The lowest BCUT2D eigenvalue weighted by molar-refractivity contribution is 0.228. The van der Waals surface area contributed by atoms with Crippen molar-refractivity contribution in [3.05, 3.63) is 36.1 Å². The van der Waals surface area contributed by atoms with Crippen molar-refractivity contribution in [3.63, 3.8) is 0 Å². The minimum atomic E-state index is 0.491. The summed E-state index contributed by atoms with van der Waals surface area (Å²) in [5, 5.41) is 0. The van der Waals surface area contributed by atoms with Crippen molar-refractivity contribution in [1.29, 1.82) is 0 Å². The average Bonchev–Trinajstić information content (AvgIpc) is 2.01. The van der Waals surface area contributed by atoms with Gasteiger partial charge in [0.1, 0.15) is 0 Å². The summed E-state index contributed by atoms with van der Waals surface area (Å²) in [4.78, 5) is 0. The molecule has 0 aromatic rings. The van der Waals surface area contributed by atoms with Crippen LogP contribution in [0, 0.1) is 0 Å². The van der Waals surface area contributed by atoms with Gasteiger partial charge in [-0.3, -0.25) is 0 Å². The Bertz CT molecular complexity index is 195. The third-order valence-electron chi connectivity index (χ3n) is 1.15. The first kappa shape index (κ1) is 10.9. The number of hydrogen-bond donors (Lipinski definition) is 2. The molecule has 0 rings (SSSR count). The highest BCUT2D eigenvalue weighted by Gasteiger charge is 1.88. The van der Waals surface area contributed by atoms with Gasteiger partial charge in [-0.1, -0.05) is 12.7 Å². The second kappa shape index (κ2) is 6.64. The normalized spacial score (nSPS) is 12.3. The number of nitrogens with two attached hydrogens (primary N) is 2. The maximum Gasteiger partial charge on any atom is 0.0708 e. The molecule has 0 bridgehead atoms. The van der Waals surface area contributed by atoms with Gasteiger partial charge in [-0.2, -0.15) is 0 Å². The summed E-state index contributed by atoms with van der Waals surface area (Å²) in [6, 6.07) is 0. The van der Waals surface area contributed by atoms with Gasteiger partial charge in [-0.25, -0.2) is 0 Å². The second-order valence-corrected chi connectivity index (χ2v) is 2.37. The van der Waals surface area contributed by atoms with Crippen LogP contribution in [0.5, 0.6) is 0 Å². The molecule has 0 spiro atoms. The first-order valence-electron chi connectivity index (χ1n) is 3.71. The maximum atomic E-state index is 5.59. The molecule has 0 aliphatic heterocycles. The number of methoxy groups -OCH3 is 1. The van der Waals surface area contributed by atoms with Crippen molar-refractivity contribution in [2.45, 2.75) is 0 Å². The van der Waals surface area contributed by atoms with E-state index in [0.29, 0.717) is 18.8 Å². The lowest BCUT2D eigenvalue weighted by Gasteiger charge is -1.98. The van der Waals surface area contributed by atoms with Gasteiger partial charge in [-0.15, -0.1) is 0 Å². The molecule has 0 amide bonds. The summed E-state index contributed by atoms with van der Waals surface area (Å²) < 4.78 is 4.86. The highest BCUT2D eigenvalue weighted by atomic mass is 16.5. The predicted molar refractivity (Wildman–Crippen MR) is 51.5 cm³/mol. The third kappa shape index (κ3) is 5.70. The van der Waals surface area contributed by atoms with E-state index in [2.05, 4.69) is 6.58 Å². The molecule has 68 valence electrons. The zero-order chi connectivity index (χ0) is 9.40. The SMILES string of the molecule is C=C(/C=C(N)\C=C/CN)COC. The Balaban J connectivity index is 3.97. The number of allylic oxidation sites excluding steroid dienone is 1. The van der Waals surface area contributed by atoms with E-state index >= 15 is 0 Å². The Hall–Kier alpha value is -1.06. The van der Waals surface area contributed by atoms with Crippen LogP contribution in [0.15, 0.2) is 36.1 Å². The van der Waals surface area contributed by atoms with Crippen molar-refractivity contribution >= 4 is 0 Å². The summed E-state index contributed by atoms with van der Waals surface area (Å²) in [6.45, 7) is 4.73. The molecule has 0 unspecified atom stereocenters. The van der Waals surface area contributed by atoms with E-state index in [1.165, 1.54) is 0 Å². The van der Waals surface area contributed by atoms with Crippen molar-refractivity contribution in [1.82, 2.24) is 0 Å². The standard InChI is InChI=1S/C9H16N2O/c1-8(7-12-2)6-9(11)4-3-5-10/h3-4,6H,1,5,7,10-11H2,2H3/b4-3-,9-6+. The van der Waals surface area contributed by atoms with Gasteiger partial charge in [0.15, 0.2) is 0 Å². The summed E-state index contributed by atoms with van der Waals surface area (Å²) >= 11 is 0. The van der Waals surface area contributed by atoms with E-state index in [4.69, 9.17) is 16.2 Å². The lowest BCUT2D eigenvalue weighted by atomic mass is 10.2. The summed E-state index contributed by atoms with van der Waals surface area (Å²) in [5.74, 6) is 0. The quantitative estimate of drug-likeness (QED) is 0.589. The van der Waals surface area contributed by atoms with Gasteiger partial charge < -0.3 is 16.2 Å². The van der Waals surface area contributed by atoms with E-state index in [9.17, 15) is 0 Å². The zero-order valence-corrected chi connectivity index (χ0v) is 7.42. The first-order chi connectivity index (χ1) is 5.70. The molecular formula is C9H16N2O. The van der Waals surface area contributed by atoms with Crippen LogP contribution in [0.4, 0.5) is 0 Å². The molecule has 0 aromatic heterocycles. The fourth-order valence-corrected chi connectivity index (χ4v) is 0.715. The Morgan fingerprint density at radius 2 is 2.25 bits per heavy atom. The van der Waals surface area contributed by atoms with Crippen LogP contribution >= 0.6 is 0 Å². The Morgan fingerprint density at radius 3 is 2.75 bits per heavy atom. The molecule has 0 aliphatic rings. The largest absolute Gasteiger partial charge is 0.399 e. The van der Waals surface area contributed by atoms with E-state index < -0.39 is 0 Å². The molecule has 0 fully saturated rings. The molecule has 0 saturated carbocycles. The molecule has 0 radical (unpaired) electrons. The van der Waals surface area contributed by atoms with Crippen molar-refractivity contribution in [3.8, 4) is 0 Å². The van der Waals surface area contributed by atoms with Crippen molar-refractivity contribution in [2.75, 3.05) is 20.3 Å². The summed E-state index contributed by atoms with van der Waals surface area (Å²) in [7, 11) is 1.62. The molecule has 3 nitrogen and oxygen atoms in total. The lowest BCUT2D eigenvalue weighted by Crippen LogP contribution is -1.99. The van der Waals surface area contributed by atoms with Gasteiger partial charge in [0.05, 0.1) is 6.61 Å². The van der Waals surface area contributed by atoms with Crippen LogP contribution in [0.3, 0.4) is 0 Å². The Kier molecular flexibility index (Phi) is 6.05. The highest BCUT2D eigenvalue weighted by Crippen LogP contribution is 1.97. The van der Waals surface area contributed by atoms with Crippen LogP contribution in [0.2, 0.25) is 0 Å². The van der Waals surface area contributed by atoms with E-state index in [1.807, 2.05) is 0 Å². The van der Waals surface area contributed by atoms with Gasteiger partial charge in [0.2, 0.25) is 0 Å². The first-order valence-corrected chi connectivity index (χ1v) is 3.71. The van der Waals surface area contributed by atoms with Gasteiger partial charge >= 0.3 is 0 Å². The van der Waals surface area contributed by atoms with Gasteiger partial charge in [-0.05, 0) is 17.7 Å². The van der Waals surface area contributed by atoms with Crippen LogP contribution in [0.25, 0.3) is 0 Å². The average molecular weight is 168 g/mol. The number of hydrogen-bond acceptors (Lipinski definition) is 3. The van der Waals surface area contributed by atoms with Crippen LogP contribution < -0.4 is 11.5 Å². The molecule has 4 N–H and O–H groups in total. The summed E-state index contributed by atoms with van der Waals surface area (Å²) in [5.41, 5.74) is 12.3. The van der Waals surface area contributed by atoms with Crippen LogP contribution in [0.1, 0.15) is 0 Å². The molecule has 0 atom stereocenters. The molecule has 3 heteroatoms. The van der Waals surface area contributed by atoms with Gasteiger partial charge in [0, 0.05) is 19.4 Å². The topological polar surface area (TPSA) is 61.3 Å². The monoisotopic (exact) mass is 168 g/mol. The predicted octanol–water partition coefficient (Wildman–Crippen LogP) is 0.547. The van der Waals surface area contributed by atoms with Crippen LogP contribution in [-0.2, 0) is 4.74 Å². The van der Waals surface area contributed by atoms with Crippen LogP contribution in [-0.4, -0.2) is 20.3 Å². The minimum absolute atomic E-state index is 0.491. The zero-order valence-electron chi connectivity index (χ0n) is 7.42. The maximum absolute atomic E-state index is 5.59. The molecule has 0 saturated heterocycles. The third-order valence-corrected chi connectivity index (χ3v) is 1.15. The van der Waals surface area contributed by atoms with Crippen molar-refractivity contribution < 1.29 is 4.74 Å². The van der Waals surface area contributed by atoms with E-state index in [0.717, 1.165) is 5.57 Å². The summed E-state index contributed by atoms with van der Waals surface area (Å²) in [6.07, 6.45) is 5.29. The molecule has 12 heavy (non-hydrogen) atoms. The number of ether oxygens (including phenoxy) is 1. The fourth-order valence-electron chi connectivity index (χ4n) is 0.715. The molecule has 0 aliphatic carbocycles.